The van der Waals surface area contributed by atoms with Crippen LogP contribution in [0.2, 0.25) is 0 Å². The summed E-state index contributed by atoms with van der Waals surface area (Å²) < 4.78 is 31.6. The summed E-state index contributed by atoms with van der Waals surface area (Å²) in [6, 6.07) is 0. The second kappa shape index (κ2) is 5.15. The third kappa shape index (κ3) is 3180000. The monoisotopic (exact) mass is 160 g/mol. The molecule has 0 atom stereocenters. The summed E-state index contributed by atoms with van der Waals surface area (Å²) in [6.07, 6.45) is 0. The fourth-order valence-electron chi connectivity index (χ4n) is 0. The van der Waals surface area contributed by atoms with Gasteiger partial charge in [-0.15, -0.1) is 0 Å². The molecule has 0 aromatic rings. The van der Waals surface area contributed by atoms with Crippen molar-refractivity contribution in [3.05, 3.63) is 0 Å². The zero-order chi connectivity index (χ0) is 7.21. The van der Waals surface area contributed by atoms with E-state index < -0.39 is 20.4 Å². The van der Waals surface area contributed by atoms with Crippen molar-refractivity contribution in [1.29, 1.82) is 0 Å². The van der Waals surface area contributed by atoms with Crippen molar-refractivity contribution in [1.82, 2.24) is 0 Å². The Balaban J connectivity index is 0. The molecule has 0 spiro atoms. The lowest BCUT2D eigenvalue weighted by atomic mass is 15.8. The summed E-state index contributed by atoms with van der Waals surface area (Å²) in [4.78, 5) is 14.3. The summed E-state index contributed by atoms with van der Waals surface area (Å²) in [6.45, 7) is 0. The molecular weight excluding hydrogens is 156 g/mol. The average Bonchev–Trinajstić information content (AvgIpc) is 1.27. The fourth-order valence-corrected chi connectivity index (χ4v) is 0. The Morgan fingerprint density at radius 2 is 1.12 bits per heavy atom. The molecule has 0 aliphatic carbocycles. The van der Waals surface area contributed by atoms with Crippen molar-refractivity contribution in [3.63, 3.8) is 0 Å². The minimum atomic E-state index is -4.67. The van der Waals surface area contributed by atoms with Crippen LogP contribution in [-0.4, -0.2) is 37.1 Å². The van der Waals surface area contributed by atoms with Gasteiger partial charge in [0.25, 0.3) is 0 Å². The van der Waals surface area contributed by atoms with Crippen LogP contribution < -0.4 is 0 Å². The molecule has 0 aliphatic rings. The molecular formula is H4O6SSi. The minimum Gasteiger partial charge on any atom is -0.409 e. The van der Waals surface area contributed by atoms with Gasteiger partial charge >= 0.3 is 20.4 Å². The minimum absolute atomic E-state index is 0.917. The van der Waals surface area contributed by atoms with Crippen LogP contribution in [0.25, 0.3) is 0 Å². The number of rotatable bonds is 0. The molecule has 0 rings (SSSR count). The normalized spacial score (nSPS) is 9.50. The van der Waals surface area contributed by atoms with E-state index in [4.69, 9.17) is 27.1 Å². The predicted molar refractivity (Wildman–Crippen MR) is 24.4 cm³/mol. The Labute approximate surface area is 48.4 Å². The van der Waals surface area contributed by atoms with Crippen LogP contribution in [0.3, 0.4) is 0 Å². The topological polar surface area (TPSA) is 115 Å². The highest BCUT2D eigenvalue weighted by atomic mass is 32.3. The molecule has 0 amide bonds. The molecule has 8 heteroatoms. The first-order chi connectivity index (χ1) is 3.41. The zero-order valence-electron chi connectivity index (χ0n) is 3.51. The van der Waals surface area contributed by atoms with Crippen LogP contribution in [0, 0.1) is 0 Å². The first-order valence-corrected chi connectivity index (χ1v) is 3.44. The number of hydrogen-bond donors (Lipinski definition) is 4. The van der Waals surface area contributed by atoms with E-state index in [1.165, 1.54) is 0 Å². The van der Waals surface area contributed by atoms with Crippen molar-refractivity contribution in [3.8, 4) is 0 Å². The molecule has 8 heavy (non-hydrogen) atoms. The van der Waals surface area contributed by atoms with Crippen molar-refractivity contribution in [2.45, 2.75) is 0 Å². The lowest BCUT2D eigenvalue weighted by Crippen LogP contribution is -1.89. The lowest BCUT2D eigenvalue weighted by Gasteiger charge is -1.68. The van der Waals surface area contributed by atoms with E-state index in [1.54, 1.807) is 0 Å². The van der Waals surface area contributed by atoms with Gasteiger partial charge in [0.05, 0.1) is 0 Å². The molecule has 50 valence electrons. The van der Waals surface area contributed by atoms with Crippen LogP contribution in [0.15, 0.2) is 0 Å². The predicted octanol–water partition coefficient (Wildman–Crippen LogP) is -2.15. The fraction of sp³-hybridized carbons (Fsp3) is 0. The molecule has 0 aromatic heterocycles. The quantitative estimate of drug-likeness (QED) is 0.237. The van der Waals surface area contributed by atoms with E-state index in [-0.39, 0.29) is 0 Å². The van der Waals surface area contributed by atoms with E-state index in [1.807, 2.05) is 0 Å². The maximum Gasteiger partial charge on any atom is 0.427 e. The Kier molecular flexibility index (Phi) is 7.01. The van der Waals surface area contributed by atoms with Crippen LogP contribution in [0.1, 0.15) is 0 Å². The van der Waals surface area contributed by atoms with E-state index >= 15 is 0 Å². The van der Waals surface area contributed by atoms with Crippen LogP contribution in [0.4, 0.5) is 0 Å². The second-order valence-electron chi connectivity index (χ2n) is 0.548. The molecule has 0 aliphatic heterocycles. The van der Waals surface area contributed by atoms with Gasteiger partial charge in [-0.25, -0.2) is 0 Å². The van der Waals surface area contributed by atoms with Crippen molar-refractivity contribution in [2.24, 2.45) is 0 Å². The lowest BCUT2D eigenvalue weighted by molar-refractivity contribution is 0.381. The summed E-state index contributed by atoms with van der Waals surface area (Å²) in [5, 5.41) is 0. The van der Waals surface area contributed by atoms with Gasteiger partial charge in [-0.05, 0) is 0 Å². The van der Waals surface area contributed by atoms with E-state index in [0.717, 1.165) is 0 Å². The van der Waals surface area contributed by atoms with Crippen LogP contribution in [-0.2, 0) is 10.4 Å². The van der Waals surface area contributed by atoms with Gasteiger partial charge in [0, 0.05) is 0 Å². The average molecular weight is 160 g/mol. The highest BCUT2D eigenvalue weighted by molar-refractivity contribution is 7.79. The highest BCUT2D eigenvalue weighted by Crippen LogP contribution is 1.59. The van der Waals surface area contributed by atoms with E-state index in [9.17, 15) is 0 Å². The molecule has 6 nitrogen and oxygen atoms in total. The molecule has 0 saturated carbocycles. The Hall–Kier alpha value is 0.00688. The molecule has 0 unspecified atom stereocenters. The maximum atomic E-state index is 8.74. The molecule has 0 heterocycles. The van der Waals surface area contributed by atoms with Gasteiger partial charge in [0.15, 0.2) is 0 Å². The van der Waals surface area contributed by atoms with Gasteiger partial charge in [-0.1, -0.05) is 0 Å². The number of hydrogen-bond acceptors (Lipinski definition) is 4. The molecule has 0 fully saturated rings. The summed E-state index contributed by atoms with van der Waals surface area (Å²) in [5.41, 5.74) is 0. The van der Waals surface area contributed by atoms with Gasteiger partial charge < -0.3 is 9.59 Å². The molecule has 4 N–H and O–H groups in total. The summed E-state index contributed by atoms with van der Waals surface area (Å²) in [7, 11) is -5.58. The van der Waals surface area contributed by atoms with Gasteiger partial charge in [0.2, 0.25) is 0 Å². The molecule has 0 aromatic carbocycles. The van der Waals surface area contributed by atoms with Crippen molar-refractivity contribution in [2.75, 3.05) is 0 Å². The van der Waals surface area contributed by atoms with Crippen molar-refractivity contribution >= 4 is 20.4 Å². The molecule has 2 radical (unpaired) electrons. The summed E-state index contributed by atoms with van der Waals surface area (Å²) >= 11 is 0. The largest absolute Gasteiger partial charge is 0.427 e. The van der Waals surface area contributed by atoms with E-state index in [2.05, 4.69) is 0 Å². The Morgan fingerprint density at radius 1 is 1.12 bits per heavy atom. The third-order valence-electron chi connectivity index (χ3n) is 0. The van der Waals surface area contributed by atoms with Crippen LogP contribution in [0.5, 0.6) is 0 Å². The second-order valence-corrected chi connectivity index (χ2v) is 1.64. The smallest absolute Gasteiger partial charge is 0.409 e. The standard InChI is InChI=1S/H2O4S.H2O2Si/c1-5(2,3)4;1-3-2/h(H2,1,2,3,4);1-2H. The molecule has 0 bridgehead atoms. The zero-order valence-corrected chi connectivity index (χ0v) is 5.33. The van der Waals surface area contributed by atoms with Crippen LogP contribution >= 0.6 is 0 Å². The van der Waals surface area contributed by atoms with Gasteiger partial charge in [0.1, 0.15) is 0 Å². The highest BCUT2D eigenvalue weighted by Gasteiger charge is 1.84. The van der Waals surface area contributed by atoms with E-state index in [0.29, 0.717) is 0 Å². The van der Waals surface area contributed by atoms with Gasteiger partial charge in [-0.3, -0.25) is 9.11 Å². The SMILES string of the molecule is O=S(=O)(O)O.O[Si]O. The maximum absolute atomic E-state index is 8.74. The first kappa shape index (κ1) is 10.9. The van der Waals surface area contributed by atoms with Gasteiger partial charge in [-0.2, -0.15) is 8.42 Å². The Morgan fingerprint density at radius 3 is 1.12 bits per heavy atom. The van der Waals surface area contributed by atoms with Crippen molar-refractivity contribution < 1.29 is 27.1 Å². The first-order valence-electron chi connectivity index (χ1n) is 1.15. The Bertz CT molecular complexity index is 102. The third-order valence-corrected chi connectivity index (χ3v) is 0. The molecule has 0 saturated heterocycles. The summed E-state index contributed by atoms with van der Waals surface area (Å²) in [5.74, 6) is 0.